The van der Waals surface area contributed by atoms with Crippen molar-refractivity contribution in [3.05, 3.63) is 114 Å². The molecule has 7 heteroatoms. The predicted molar refractivity (Wildman–Crippen MR) is 141 cm³/mol. The number of nitrogens with one attached hydrogen (secondary N) is 1. The monoisotopic (exact) mass is 482 g/mol. The van der Waals surface area contributed by atoms with Crippen molar-refractivity contribution in [3.63, 3.8) is 0 Å². The maximum atomic E-state index is 11.3. The van der Waals surface area contributed by atoms with Crippen LogP contribution in [0.1, 0.15) is 59.2 Å². The van der Waals surface area contributed by atoms with Gasteiger partial charge in [0.25, 0.3) is 0 Å². The Kier molecular flexibility index (Phi) is 6.09. The van der Waals surface area contributed by atoms with Crippen molar-refractivity contribution in [3.8, 4) is 5.69 Å². The predicted octanol–water partition coefficient (Wildman–Crippen LogP) is 5.87. The van der Waals surface area contributed by atoms with E-state index in [1.54, 1.807) is 18.3 Å². The molecule has 5 rings (SSSR count). The zero-order valence-corrected chi connectivity index (χ0v) is 20.3. The number of thiocarbonyl (C=S) groups is 1. The molecule has 2 N–H and O–H groups in total. The van der Waals surface area contributed by atoms with E-state index in [0.29, 0.717) is 11.0 Å². The van der Waals surface area contributed by atoms with Crippen molar-refractivity contribution in [1.29, 1.82) is 0 Å². The van der Waals surface area contributed by atoms with Gasteiger partial charge in [-0.1, -0.05) is 32.0 Å². The smallest absolute Gasteiger partial charge is 0.335 e. The topological polar surface area (TPSA) is 70.4 Å². The van der Waals surface area contributed by atoms with Crippen LogP contribution in [-0.2, 0) is 0 Å². The molecular weight excluding hydrogens is 456 g/mol. The molecule has 1 aliphatic rings. The number of pyridine rings is 1. The van der Waals surface area contributed by atoms with Crippen LogP contribution in [0.15, 0.2) is 91.3 Å². The molecule has 2 aromatic carbocycles. The van der Waals surface area contributed by atoms with Crippen LogP contribution in [0, 0.1) is 0 Å². The molecule has 0 saturated carbocycles. The summed E-state index contributed by atoms with van der Waals surface area (Å²) in [6.07, 6.45) is 3.78. The van der Waals surface area contributed by atoms with Gasteiger partial charge in [0.05, 0.1) is 17.3 Å². The molecule has 2 atom stereocenters. The van der Waals surface area contributed by atoms with Crippen LogP contribution in [0.25, 0.3) is 5.69 Å². The maximum absolute atomic E-state index is 11.3. The van der Waals surface area contributed by atoms with E-state index in [1.165, 1.54) is 5.56 Å². The van der Waals surface area contributed by atoms with Crippen molar-refractivity contribution < 1.29 is 9.90 Å². The minimum Gasteiger partial charge on any atom is -0.478 e. The first-order valence-electron chi connectivity index (χ1n) is 11.6. The van der Waals surface area contributed by atoms with E-state index in [4.69, 9.17) is 12.2 Å². The average molecular weight is 483 g/mol. The molecule has 6 nitrogen and oxygen atoms in total. The largest absolute Gasteiger partial charge is 0.478 e. The number of hydrogen-bond donors (Lipinski definition) is 2. The fourth-order valence-electron chi connectivity index (χ4n) is 4.59. The third-order valence-electron chi connectivity index (χ3n) is 6.41. The van der Waals surface area contributed by atoms with E-state index in [0.717, 1.165) is 22.8 Å². The Labute approximate surface area is 209 Å². The van der Waals surface area contributed by atoms with Gasteiger partial charge in [-0.25, -0.2) is 4.79 Å². The van der Waals surface area contributed by atoms with Gasteiger partial charge in [0.2, 0.25) is 0 Å². The number of benzene rings is 2. The fraction of sp³-hybridized carbons (Fsp3) is 0.179. The molecule has 35 heavy (non-hydrogen) atoms. The second-order valence-corrected chi connectivity index (χ2v) is 9.28. The number of carboxylic acid groups (broad SMARTS) is 1. The van der Waals surface area contributed by atoms with E-state index in [2.05, 4.69) is 63.9 Å². The average Bonchev–Trinajstić information content (AvgIpc) is 3.49. The van der Waals surface area contributed by atoms with E-state index in [-0.39, 0.29) is 17.6 Å². The van der Waals surface area contributed by atoms with E-state index in [1.807, 2.05) is 42.6 Å². The minimum atomic E-state index is -0.944. The zero-order valence-electron chi connectivity index (χ0n) is 19.5. The van der Waals surface area contributed by atoms with Gasteiger partial charge in [-0.05, 0) is 84.4 Å². The Morgan fingerprint density at radius 3 is 2.31 bits per heavy atom. The molecule has 3 heterocycles. The number of aromatic carboxylic acids is 1. The number of rotatable bonds is 6. The van der Waals surface area contributed by atoms with Gasteiger partial charge in [-0.2, -0.15) is 0 Å². The number of carboxylic acids is 1. The highest BCUT2D eigenvalue weighted by Gasteiger charge is 2.42. The van der Waals surface area contributed by atoms with Gasteiger partial charge in [-0.15, -0.1) is 0 Å². The number of aromatic nitrogens is 2. The summed E-state index contributed by atoms with van der Waals surface area (Å²) in [4.78, 5) is 18.1. The molecule has 4 aromatic rings. The molecule has 0 bridgehead atoms. The van der Waals surface area contributed by atoms with Crippen LogP contribution in [0.2, 0.25) is 0 Å². The lowest BCUT2D eigenvalue weighted by Crippen LogP contribution is -2.30. The summed E-state index contributed by atoms with van der Waals surface area (Å²) in [7, 11) is 0. The first-order chi connectivity index (χ1) is 16.9. The van der Waals surface area contributed by atoms with Gasteiger partial charge in [0, 0.05) is 29.5 Å². The normalized spacial score (nSPS) is 17.6. The molecule has 1 aliphatic heterocycles. The van der Waals surface area contributed by atoms with Crippen LogP contribution in [0.3, 0.4) is 0 Å². The molecule has 1 fully saturated rings. The zero-order chi connectivity index (χ0) is 24.5. The van der Waals surface area contributed by atoms with E-state index in [9.17, 15) is 9.90 Å². The summed E-state index contributed by atoms with van der Waals surface area (Å²) in [5, 5.41) is 13.4. The van der Waals surface area contributed by atoms with Gasteiger partial charge >= 0.3 is 5.97 Å². The molecule has 0 aliphatic carbocycles. The summed E-state index contributed by atoms with van der Waals surface area (Å²) in [6, 6.07) is 25.1. The van der Waals surface area contributed by atoms with E-state index >= 15 is 0 Å². The van der Waals surface area contributed by atoms with Gasteiger partial charge in [0.1, 0.15) is 6.04 Å². The molecule has 2 aromatic heterocycles. The van der Waals surface area contributed by atoms with Gasteiger partial charge < -0.3 is 19.9 Å². The molecule has 0 amide bonds. The van der Waals surface area contributed by atoms with Gasteiger partial charge in [-0.3, -0.25) is 4.98 Å². The molecule has 0 radical (unpaired) electrons. The first kappa shape index (κ1) is 22.8. The summed E-state index contributed by atoms with van der Waals surface area (Å²) in [5.74, 6) is -0.503. The summed E-state index contributed by atoms with van der Waals surface area (Å²) in [6.45, 7) is 4.36. The number of nitrogens with zero attached hydrogens (tertiary/aromatic N) is 3. The highest BCUT2D eigenvalue weighted by molar-refractivity contribution is 7.80. The van der Waals surface area contributed by atoms with Crippen molar-refractivity contribution in [1.82, 2.24) is 14.9 Å². The quantitative estimate of drug-likeness (QED) is 0.335. The van der Waals surface area contributed by atoms with Crippen LogP contribution in [0.5, 0.6) is 0 Å². The highest BCUT2D eigenvalue weighted by atomic mass is 32.1. The number of carbonyl (C=O) groups is 1. The molecular formula is C28H26N4O2S. The Morgan fingerprint density at radius 1 is 0.971 bits per heavy atom. The summed E-state index contributed by atoms with van der Waals surface area (Å²) in [5.41, 5.74) is 5.32. The van der Waals surface area contributed by atoms with Crippen molar-refractivity contribution in [2.24, 2.45) is 0 Å². The summed E-state index contributed by atoms with van der Waals surface area (Å²) < 4.78 is 2.08. The van der Waals surface area contributed by atoms with Crippen molar-refractivity contribution >= 4 is 29.0 Å². The maximum Gasteiger partial charge on any atom is 0.335 e. The van der Waals surface area contributed by atoms with Crippen LogP contribution in [-0.4, -0.2) is 25.7 Å². The van der Waals surface area contributed by atoms with Crippen molar-refractivity contribution in [2.45, 2.75) is 31.8 Å². The molecule has 2 unspecified atom stereocenters. The van der Waals surface area contributed by atoms with Crippen molar-refractivity contribution in [2.75, 3.05) is 4.90 Å². The lowest BCUT2D eigenvalue weighted by molar-refractivity contribution is 0.0697. The van der Waals surface area contributed by atoms with E-state index < -0.39 is 5.97 Å². The Balaban J connectivity index is 1.62. The number of hydrogen-bond acceptors (Lipinski definition) is 3. The summed E-state index contributed by atoms with van der Waals surface area (Å²) >= 11 is 5.85. The second-order valence-electron chi connectivity index (χ2n) is 8.90. The molecule has 176 valence electrons. The lowest BCUT2D eigenvalue weighted by Gasteiger charge is -2.29. The van der Waals surface area contributed by atoms with Crippen LogP contribution in [0.4, 0.5) is 5.69 Å². The molecule has 1 saturated heterocycles. The second kappa shape index (κ2) is 9.35. The Bertz CT molecular complexity index is 1350. The van der Waals surface area contributed by atoms with Crippen LogP contribution >= 0.6 is 12.2 Å². The molecule has 0 spiro atoms. The standard InChI is InChI=1S/C28H26N4O2S/c1-18(2)19-8-14-22(15-9-19)32-26(25(30-28(32)35)23-6-3-4-16-29-23)24-7-5-17-31(24)21-12-10-20(11-13-21)27(33)34/h3-18,25-26H,1-2H3,(H,30,35)(H,33,34). The Morgan fingerprint density at radius 2 is 1.69 bits per heavy atom. The third kappa shape index (κ3) is 4.31. The lowest BCUT2D eigenvalue weighted by atomic mass is 9.99. The third-order valence-corrected chi connectivity index (χ3v) is 6.73. The Hall–Kier alpha value is -3.97. The van der Waals surface area contributed by atoms with Gasteiger partial charge in [0.15, 0.2) is 5.11 Å². The number of anilines is 1. The first-order valence-corrected chi connectivity index (χ1v) is 12.0. The fourth-order valence-corrected chi connectivity index (χ4v) is 4.93. The van der Waals surface area contributed by atoms with Crippen LogP contribution < -0.4 is 10.2 Å². The highest BCUT2D eigenvalue weighted by Crippen LogP contribution is 2.42. The minimum absolute atomic E-state index is 0.166. The SMILES string of the molecule is CC(C)c1ccc(N2C(=S)NC(c3ccccn3)C2c2cccn2-c2ccc(C(=O)O)cc2)cc1.